The van der Waals surface area contributed by atoms with Crippen LogP contribution in [0, 0.1) is 0 Å². The third kappa shape index (κ3) is 4.65. The van der Waals surface area contributed by atoms with E-state index in [0.29, 0.717) is 29.7 Å². The molecule has 1 aromatic rings. The Morgan fingerprint density at radius 2 is 1.88 bits per heavy atom. The molecular formula is C18H32N4O3S. The van der Waals surface area contributed by atoms with Gasteiger partial charge in [0.05, 0.1) is 24.9 Å². The summed E-state index contributed by atoms with van der Waals surface area (Å²) in [6.07, 6.45) is 6.28. The second-order valence-electron chi connectivity index (χ2n) is 8.36. The molecule has 2 fully saturated rings. The van der Waals surface area contributed by atoms with Crippen molar-refractivity contribution in [2.45, 2.75) is 62.8 Å². The minimum absolute atomic E-state index is 0.321. The number of hydrogen-bond acceptors (Lipinski definition) is 5. The molecule has 0 aromatic carbocycles. The van der Waals surface area contributed by atoms with Crippen molar-refractivity contribution in [1.82, 2.24) is 19.4 Å². The van der Waals surface area contributed by atoms with Crippen LogP contribution in [0.3, 0.4) is 0 Å². The molecule has 1 aliphatic carbocycles. The molecule has 1 saturated heterocycles. The van der Waals surface area contributed by atoms with Gasteiger partial charge >= 0.3 is 0 Å². The first-order chi connectivity index (χ1) is 12.3. The third-order valence-corrected chi connectivity index (χ3v) is 6.68. The van der Waals surface area contributed by atoms with Crippen molar-refractivity contribution >= 4 is 10.0 Å². The van der Waals surface area contributed by atoms with Crippen LogP contribution >= 0.6 is 0 Å². The van der Waals surface area contributed by atoms with E-state index in [-0.39, 0.29) is 5.41 Å². The number of nitrogens with one attached hydrogen (secondary N) is 1. The molecule has 0 unspecified atom stereocenters. The first kappa shape index (κ1) is 19.8. The Balaban J connectivity index is 1.74. The molecule has 8 heteroatoms. The summed E-state index contributed by atoms with van der Waals surface area (Å²) in [6, 6.07) is 0.327. The maximum Gasteiger partial charge on any atom is 0.244 e. The normalized spacial score (nSPS) is 20.7. The quantitative estimate of drug-likeness (QED) is 0.811. The summed E-state index contributed by atoms with van der Waals surface area (Å²) in [7, 11) is -3.57. The summed E-state index contributed by atoms with van der Waals surface area (Å²) in [5.74, 6) is 0. The van der Waals surface area contributed by atoms with E-state index in [1.165, 1.54) is 12.8 Å². The summed E-state index contributed by atoms with van der Waals surface area (Å²) >= 11 is 0. The standard InChI is InChI=1S/C18H32N4O3S/c1-18(2,3)17-16(14-22(20-17)15-6-4-5-7-15)26(23,24)19-8-9-21-10-12-25-13-11-21/h14-15,19H,4-13H2,1-3H3. The Morgan fingerprint density at radius 1 is 1.23 bits per heavy atom. The number of ether oxygens (including phenoxy) is 1. The number of nitrogens with zero attached hydrogens (tertiary/aromatic N) is 3. The number of morpholine rings is 1. The molecule has 0 bridgehead atoms. The molecule has 1 saturated carbocycles. The predicted octanol–water partition coefficient (Wildman–Crippen LogP) is 1.91. The fourth-order valence-corrected chi connectivity index (χ4v) is 5.05. The molecule has 2 aliphatic rings. The highest BCUT2D eigenvalue weighted by atomic mass is 32.2. The maximum absolute atomic E-state index is 13.0. The Labute approximate surface area is 157 Å². The lowest BCUT2D eigenvalue weighted by Gasteiger charge is -2.26. The predicted molar refractivity (Wildman–Crippen MR) is 101 cm³/mol. The molecule has 1 aromatic heterocycles. The highest BCUT2D eigenvalue weighted by Gasteiger charge is 2.31. The molecule has 148 valence electrons. The second kappa shape index (κ2) is 7.96. The van der Waals surface area contributed by atoms with E-state index >= 15 is 0 Å². The summed E-state index contributed by atoms with van der Waals surface area (Å²) in [4.78, 5) is 2.55. The first-order valence-corrected chi connectivity index (χ1v) is 11.1. The lowest BCUT2D eigenvalue weighted by atomic mass is 9.92. The van der Waals surface area contributed by atoms with Crippen LogP contribution in [0.5, 0.6) is 0 Å². The highest BCUT2D eigenvalue weighted by molar-refractivity contribution is 7.89. The molecule has 7 nitrogen and oxygen atoms in total. The van der Waals surface area contributed by atoms with E-state index in [4.69, 9.17) is 9.84 Å². The van der Waals surface area contributed by atoms with E-state index in [1.807, 2.05) is 25.5 Å². The molecule has 26 heavy (non-hydrogen) atoms. The van der Waals surface area contributed by atoms with Gasteiger partial charge in [0.2, 0.25) is 10.0 Å². The fraction of sp³-hybridized carbons (Fsp3) is 0.833. The lowest BCUT2D eigenvalue weighted by Crippen LogP contribution is -2.41. The van der Waals surface area contributed by atoms with Crippen LogP contribution in [0.15, 0.2) is 11.1 Å². The van der Waals surface area contributed by atoms with E-state index in [9.17, 15) is 8.42 Å². The van der Waals surface area contributed by atoms with Crippen LogP contribution in [0.4, 0.5) is 0 Å². The zero-order chi connectivity index (χ0) is 18.8. The van der Waals surface area contributed by atoms with Crippen LogP contribution in [-0.2, 0) is 20.2 Å². The summed E-state index contributed by atoms with van der Waals surface area (Å²) in [6.45, 7) is 10.3. The summed E-state index contributed by atoms with van der Waals surface area (Å²) < 4.78 is 35.9. The van der Waals surface area contributed by atoms with Gasteiger partial charge in [-0.3, -0.25) is 9.58 Å². The van der Waals surface area contributed by atoms with Crippen molar-refractivity contribution in [3.8, 4) is 0 Å². The number of aromatic nitrogens is 2. The SMILES string of the molecule is CC(C)(C)c1nn(C2CCCC2)cc1S(=O)(=O)NCCN1CCOCC1. The molecule has 3 rings (SSSR count). The fourth-order valence-electron chi connectivity index (χ4n) is 3.69. The topological polar surface area (TPSA) is 76.5 Å². The summed E-state index contributed by atoms with van der Waals surface area (Å²) in [5.41, 5.74) is 0.335. The van der Waals surface area contributed by atoms with Gasteiger partial charge in [-0.2, -0.15) is 5.10 Å². The second-order valence-corrected chi connectivity index (χ2v) is 10.1. The van der Waals surface area contributed by atoms with Crippen LogP contribution in [0.25, 0.3) is 0 Å². The number of sulfonamides is 1. The van der Waals surface area contributed by atoms with Crippen LogP contribution in [0.1, 0.15) is 58.2 Å². The van der Waals surface area contributed by atoms with Crippen molar-refractivity contribution < 1.29 is 13.2 Å². The Morgan fingerprint density at radius 3 is 2.50 bits per heavy atom. The van der Waals surface area contributed by atoms with Crippen LogP contribution in [0.2, 0.25) is 0 Å². The molecule has 0 atom stereocenters. The Bertz CT molecular complexity index is 697. The van der Waals surface area contributed by atoms with Gasteiger partial charge in [0.25, 0.3) is 0 Å². The zero-order valence-electron chi connectivity index (χ0n) is 16.2. The lowest BCUT2D eigenvalue weighted by molar-refractivity contribution is 0.0390. The van der Waals surface area contributed by atoms with Crippen LogP contribution < -0.4 is 4.72 Å². The van der Waals surface area contributed by atoms with Crippen LogP contribution in [-0.4, -0.2) is 62.5 Å². The van der Waals surface area contributed by atoms with Crippen molar-refractivity contribution in [2.24, 2.45) is 0 Å². The summed E-state index contributed by atoms with van der Waals surface area (Å²) in [5, 5.41) is 4.70. The minimum atomic E-state index is -3.57. The Hall–Kier alpha value is -0.960. The molecule has 1 aliphatic heterocycles. The maximum atomic E-state index is 13.0. The van der Waals surface area contributed by atoms with E-state index < -0.39 is 10.0 Å². The van der Waals surface area contributed by atoms with E-state index in [1.54, 1.807) is 6.20 Å². The monoisotopic (exact) mass is 384 g/mol. The zero-order valence-corrected chi connectivity index (χ0v) is 17.0. The third-order valence-electron chi connectivity index (χ3n) is 5.22. The molecular weight excluding hydrogens is 352 g/mol. The van der Waals surface area contributed by atoms with Gasteiger partial charge in [0.1, 0.15) is 4.90 Å². The molecule has 0 spiro atoms. The molecule has 1 N–H and O–H groups in total. The molecule has 2 heterocycles. The van der Waals surface area contributed by atoms with Gasteiger partial charge in [0.15, 0.2) is 0 Å². The molecule has 0 radical (unpaired) electrons. The average molecular weight is 385 g/mol. The smallest absolute Gasteiger partial charge is 0.244 e. The molecule has 0 amide bonds. The van der Waals surface area contributed by atoms with E-state index in [0.717, 1.165) is 39.1 Å². The van der Waals surface area contributed by atoms with E-state index in [2.05, 4.69) is 9.62 Å². The van der Waals surface area contributed by atoms with Crippen molar-refractivity contribution in [1.29, 1.82) is 0 Å². The average Bonchev–Trinajstić information content (AvgIpc) is 3.25. The Kier molecular flexibility index (Phi) is 6.06. The van der Waals surface area contributed by atoms with Crippen molar-refractivity contribution in [3.05, 3.63) is 11.9 Å². The van der Waals surface area contributed by atoms with Crippen molar-refractivity contribution in [3.63, 3.8) is 0 Å². The first-order valence-electron chi connectivity index (χ1n) is 9.67. The number of rotatable bonds is 6. The van der Waals surface area contributed by atoms with Gasteiger partial charge in [-0.05, 0) is 12.8 Å². The van der Waals surface area contributed by atoms with Gasteiger partial charge in [-0.1, -0.05) is 33.6 Å². The largest absolute Gasteiger partial charge is 0.379 e. The van der Waals surface area contributed by atoms with Gasteiger partial charge < -0.3 is 4.74 Å². The number of hydrogen-bond donors (Lipinski definition) is 1. The van der Waals surface area contributed by atoms with Gasteiger partial charge in [-0.25, -0.2) is 13.1 Å². The van der Waals surface area contributed by atoms with Gasteiger partial charge in [0, 0.05) is 37.8 Å². The highest BCUT2D eigenvalue weighted by Crippen LogP contribution is 2.33. The van der Waals surface area contributed by atoms with Gasteiger partial charge in [-0.15, -0.1) is 0 Å². The minimum Gasteiger partial charge on any atom is -0.379 e. The van der Waals surface area contributed by atoms with Crippen molar-refractivity contribution in [2.75, 3.05) is 39.4 Å².